The molecule has 5 rings (SSSR count). The number of fused-ring (bicyclic) bond motifs is 1. The van der Waals surface area contributed by atoms with Crippen molar-refractivity contribution in [1.82, 2.24) is 4.90 Å². The first kappa shape index (κ1) is 28.1. The van der Waals surface area contributed by atoms with E-state index in [1.165, 1.54) is 28.8 Å². The lowest BCUT2D eigenvalue weighted by Gasteiger charge is -2.25. The summed E-state index contributed by atoms with van der Waals surface area (Å²) in [7, 11) is 0. The SMILES string of the molecule is O=C1C(C(SC[C@@H](O)[C@H](O)CS)c2cccc(F)c2)N=C2C(Cc3ccccc3)=NC(c3ccc(O)cc3)=CN12. The number of amidine groups is 1. The number of nitrogens with zero attached hydrogens (tertiary/aromatic N) is 3. The fourth-order valence-electron chi connectivity index (χ4n) is 4.55. The van der Waals surface area contributed by atoms with Crippen LogP contribution in [0.2, 0.25) is 0 Å². The van der Waals surface area contributed by atoms with E-state index in [9.17, 15) is 24.5 Å². The van der Waals surface area contributed by atoms with Gasteiger partial charge in [-0.2, -0.15) is 12.6 Å². The predicted molar refractivity (Wildman–Crippen MR) is 159 cm³/mol. The molecule has 3 aromatic carbocycles. The Morgan fingerprint density at radius 1 is 1.00 bits per heavy atom. The third kappa shape index (κ3) is 6.15. The number of aromatic hydroxyl groups is 1. The summed E-state index contributed by atoms with van der Waals surface area (Å²) in [5.74, 6) is -0.0485. The summed E-state index contributed by atoms with van der Waals surface area (Å²) in [6.07, 6.45) is -0.0618. The van der Waals surface area contributed by atoms with Crippen molar-refractivity contribution in [2.45, 2.75) is 29.9 Å². The number of thiol groups is 1. The highest BCUT2D eigenvalue weighted by Crippen LogP contribution is 2.39. The number of thioether (sulfide) groups is 1. The number of rotatable bonds is 10. The minimum Gasteiger partial charge on any atom is -0.508 e. The number of aliphatic hydroxyl groups excluding tert-OH is 2. The number of carbonyl (C=O) groups excluding carboxylic acids is 1. The third-order valence-electron chi connectivity index (χ3n) is 6.66. The summed E-state index contributed by atoms with van der Waals surface area (Å²) >= 11 is 5.28. The van der Waals surface area contributed by atoms with E-state index in [0.717, 1.165) is 11.1 Å². The Morgan fingerprint density at radius 3 is 2.45 bits per heavy atom. The van der Waals surface area contributed by atoms with Crippen LogP contribution in [0.15, 0.2) is 95.0 Å². The molecule has 1 amide bonds. The number of aliphatic hydroxyl groups is 2. The van der Waals surface area contributed by atoms with E-state index in [2.05, 4.69) is 12.6 Å². The lowest BCUT2D eigenvalue weighted by atomic mass is 10.0. The molecular formula is C30H28FN3O4S2. The number of halogens is 1. The molecule has 0 fully saturated rings. The molecule has 0 spiro atoms. The first-order valence-corrected chi connectivity index (χ1v) is 14.4. The normalized spacial score (nSPS) is 18.9. The molecule has 2 aliphatic heterocycles. The van der Waals surface area contributed by atoms with Crippen molar-refractivity contribution in [3.8, 4) is 5.75 Å². The molecule has 0 radical (unpaired) electrons. The molecule has 0 bridgehead atoms. The summed E-state index contributed by atoms with van der Waals surface area (Å²) in [6.45, 7) is 0. The summed E-state index contributed by atoms with van der Waals surface area (Å²) < 4.78 is 14.3. The van der Waals surface area contributed by atoms with Gasteiger partial charge >= 0.3 is 0 Å². The van der Waals surface area contributed by atoms with Crippen molar-refractivity contribution in [3.05, 3.63) is 108 Å². The molecular weight excluding hydrogens is 549 g/mol. The number of aliphatic imine (C=N–C) groups is 2. The average Bonchev–Trinajstić information content (AvgIpc) is 3.29. The molecule has 2 heterocycles. The van der Waals surface area contributed by atoms with Crippen LogP contribution in [0.1, 0.15) is 21.9 Å². The van der Waals surface area contributed by atoms with Gasteiger partial charge in [-0.05, 0) is 47.5 Å². The van der Waals surface area contributed by atoms with Gasteiger partial charge in [-0.3, -0.25) is 14.7 Å². The second-order valence-corrected chi connectivity index (χ2v) is 11.1. The van der Waals surface area contributed by atoms with Crippen LogP contribution in [-0.4, -0.2) is 67.4 Å². The largest absolute Gasteiger partial charge is 0.508 e. The molecule has 0 aliphatic carbocycles. The number of phenolic OH excluding ortho intramolecular Hbond substituents is 1. The van der Waals surface area contributed by atoms with E-state index in [1.807, 2.05) is 30.3 Å². The highest BCUT2D eigenvalue weighted by molar-refractivity contribution is 7.99. The Morgan fingerprint density at radius 2 is 1.75 bits per heavy atom. The molecule has 2 unspecified atom stereocenters. The first-order chi connectivity index (χ1) is 19.3. The van der Waals surface area contributed by atoms with Crippen molar-refractivity contribution >= 4 is 47.5 Å². The maximum Gasteiger partial charge on any atom is 0.258 e. The number of phenols is 1. The van der Waals surface area contributed by atoms with Crippen LogP contribution < -0.4 is 0 Å². The number of benzene rings is 3. The lowest BCUT2D eigenvalue weighted by molar-refractivity contribution is -0.125. The predicted octanol–water partition coefficient (Wildman–Crippen LogP) is 4.26. The summed E-state index contributed by atoms with van der Waals surface area (Å²) in [4.78, 5) is 25.1. The van der Waals surface area contributed by atoms with Gasteiger partial charge < -0.3 is 15.3 Å². The minimum absolute atomic E-state index is 0.0783. The molecule has 40 heavy (non-hydrogen) atoms. The zero-order valence-corrected chi connectivity index (χ0v) is 23.0. The summed E-state index contributed by atoms with van der Waals surface area (Å²) in [5.41, 5.74) is 3.40. The van der Waals surface area contributed by atoms with Crippen molar-refractivity contribution < 1.29 is 24.5 Å². The molecule has 10 heteroatoms. The zero-order chi connectivity index (χ0) is 28.2. The summed E-state index contributed by atoms with van der Waals surface area (Å²) in [5, 5.41) is 29.5. The van der Waals surface area contributed by atoms with Gasteiger partial charge in [-0.25, -0.2) is 9.38 Å². The van der Waals surface area contributed by atoms with Gasteiger partial charge in [0.05, 0.1) is 28.9 Å². The number of carbonyl (C=O) groups is 1. The van der Waals surface area contributed by atoms with E-state index in [0.29, 0.717) is 29.2 Å². The van der Waals surface area contributed by atoms with E-state index in [4.69, 9.17) is 9.98 Å². The maximum absolute atomic E-state index is 14.3. The van der Waals surface area contributed by atoms with Crippen molar-refractivity contribution in [3.63, 3.8) is 0 Å². The third-order valence-corrected chi connectivity index (χ3v) is 8.46. The van der Waals surface area contributed by atoms with Gasteiger partial charge in [0.25, 0.3) is 5.91 Å². The smallest absolute Gasteiger partial charge is 0.258 e. The fourth-order valence-corrected chi connectivity index (χ4v) is 6.11. The van der Waals surface area contributed by atoms with Crippen molar-refractivity contribution in [1.29, 1.82) is 0 Å². The Kier molecular flexibility index (Phi) is 8.70. The standard InChI is InChI=1S/C30H28FN3O4S2/c31-21-8-4-7-20(14-21)28(40-17-26(37)25(36)16-39)27-30(38)34-15-24(19-9-11-22(35)12-10-19)32-23(29(34)33-27)13-18-5-2-1-3-6-18/h1-12,14-15,25-28,35-37,39H,13,16-17H2/t25-,26-,27?,28?/m1/s1. The average molecular weight is 578 g/mol. The summed E-state index contributed by atoms with van der Waals surface area (Å²) in [6, 6.07) is 21.4. The number of hydrogen-bond acceptors (Lipinski definition) is 8. The minimum atomic E-state index is -1.08. The number of amides is 1. The molecule has 4 atom stereocenters. The Hall–Kier alpha value is -3.44. The molecule has 2 aliphatic rings. The van der Waals surface area contributed by atoms with Gasteiger partial charge in [0.15, 0.2) is 5.84 Å². The fraction of sp³-hybridized carbons (Fsp3) is 0.233. The van der Waals surface area contributed by atoms with Gasteiger partial charge in [0.2, 0.25) is 0 Å². The zero-order valence-electron chi connectivity index (χ0n) is 21.3. The van der Waals surface area contributed by atoms with Crippen LogP contribution in [0.4, 0.5) is 4.39 Å². The lowest BCUT2D eigenvalue weighted by Crippen LogP contribution is -2.38. The molecule has 0 saturated heterocycles. The first-order valence-electron chi connectivity index (χ1n) is 12.7. The molecule has 3 N–H and O–H groups in total. The second kappa shape index (κ2) is 12.4. The van der Waals surface area contributed by atoms with Crippen LogP contribution in [0.3, 0.4) is 0 Å². The van der Waals surface area contributed by atoms with Gasteiger partial charge in [0, 0.05) is 29.7 Å². The second-order valence-electron chi connectivity index (χ2n) is 9.51. The molecule has 3 aromatic rings. The van der Waals surface area contributed by atoms with Crippen molar-refractivity contribution in [2.75, 3.05) is 11.5 Å². The van der Waals surface area contributed by atoms with E-state index < -0.39 is 29.3 Å². The van der Waals surface area contributed by atoms with Crippen LogP contribution in [0, 0.1) is 5.82 Å². The van der Waals surface area contributed by atoms with E-state index in [-0.39, 0.29) is 23.2 Å². The molecule has 206 valence electrons. The van der Waals surface area contributed by atoms with Gasteiger partial charge in [-0.15, -0.1) is 11.8 Å². The molecule has 7 nitrogen and oxygen atoms in total. The van der Waals surface area contributed by atoms with Crippen LogP contribution in [0.5, 0.6) is 5.75 Å². The Labute approximate surface area is 241 Å². The van der Waals surface area contributed by atoms with Crippen LogP contribution >= 0.6 is 24.4 Å². The number of hydrogen-bond donors (Lipinski definition) is 4. The van der Waals surface area contributed by atoms with Crippen LogP contribution in [-0.2, 0) is 11.2 Å². The van der Waals surface area contributed by atoms with Gasteiger partial charge in [0.1, 0.15) is 17.6 Å². The Balaban J connectivity index is 1.53. The highest BCUT2D eigenvalue weighted by atomic mass is 32.2. The molecule has 0 saturated carbocycles. The molecule has 0 aromatic heterocycles. The van der Waals surface area contributed by atoms with Crippen molar-refractivity contribution in [2.24, 2.45) is 9.98 Å². The van der Waals surface area contributed by atoms with Crippen LogP contribution in [0.25, 0.3) is 5.70 Å². The highest BCUT2D eigenvalue weighted by Gasteiger charge is 2.43. The quantitative estimate of drug-likeness (QED) is 0.270. The topological polar surface area (TPSA) is 106 Å². The monoisotopic (exact) mass is 577 g/mol. The van der Waals surface area contributed by atoms with Gasteiger partial charge in [-0.1, -0.05) is 42.5 Å². The maximum atomic E-state index is 14.3. The Bertz CT molecular complexity index is 1460. The van der Waals surface area contributed by atoms with E-state index in [1.54, 1.807) is 42.6 Å². The van der Waals surface area contributed by atoms with E-state index >= 15 is 0 Å².